The van der Waals surface area contributed by atoms with Crippen molar-refractivity contribution in [1.82, 2.24) is 0 Å². The quantitative estimate of drug-likeness (QED) is 0.0848. The molecule has 0 saturated carbocycles. The SMILES string of the molecule is N[C@H]1[C@H](OCc2ccccc2)O[C@@H]2CO[C@@]3(O[C@H]2[C@@H]1OCc1ccccc1)O[C@H](COCc1ccccc1)[C@@H](OCc1ccccc1)[C@H](OCc1ccccc1)[C@H]3OCc1ccccc1. The zero-order valence-electron chi connectivity index (χ0n) is 36.3. The first-order valence-electron chi connectivity index (χ1n) is 22.4. The van der Waals surface area contributed by atoms with E-state index in [1.165, 1.54) is 0 Å². The highest BCUT2D eigenvalue weighted by atomic mass is 16.9. The average Bonchev–Trinajstić information content (AvgIpc) is 3.36. The summed E-state index contributed by atoms with van der Waals surface area (Å²) in [6.45, 7) is 1.79. The molecule has 0 aromatic heterocycles. The molecule has 11 nitrogen and oxygen atoms in total. The van der Waals surface area contributed by atoms with Gasteiger partial charge in [0.2, 0.25) is 0 Å². The zero-order chi connectivity index (χ0) is 44.1. The van der Waals surface area contributed by atoms with E-state index < -0.39 is 61.0 Å². The molecular weight excluding hydrogens is 823 g/mol. The molecule has 0 amide bonds. The molecule has 6 aromatic carbocycles. The van der Waals surface area contributed by atoms with Crippen molar-refractivity contribution in [2.45, 2.75) is 101 Å². The summed E-state index contributed by atoms with van der Waals surface area (Å²) in [5.41, 5.74) is 13.0. The van der Waals surface area contributed by atoms with Crippen molar-refractivity contribution in [3.63, 3.8) is 0 Å². The predicted molar refractivity (Wildman–Crippen MR) is 242 cm³/mol. The maximum absolute atomic E-state index is 7.24. The minimum Gasteiger partial charge on any atom is -0.374 e. The van der Waals surface area contributed by atoms with Crippen molar-refractivity contribution in [2.24, 2.45) is 5.73 Å². The number of nitrogens with two attached hydrogens (primary N) is 1. The van der Waals surface area contributed by atoms with Crippen molar-refractivity contribution in [3.8, 4) is 0 Å². The summed E-state index contributed by atoms with van der Waals surface area (Å²) in [4.78, 5) is 0. The van der Waals surface area contributed by atoms with Gasteiger partial charge in [0, 0.05) is 0 Å². The van der Waals surface area contributed by atoms with E-state index in [-0.39, 0.29) is 39.6 Å². The van der Waals surface area contributed by atoms with Crippen molar-refractivity contribution in [3.05, 3.63) is 215 Å². The average molecular weight is 880 g/mol. The molecule has 0 unspecified atom stereocenters. The third-order valence-electron chi connectivity index (χ3n) is 11.9. The molecule has 338 valence electrons. The molecule has 0 radical (unpaired) electrons. The Balaban J connectivity index is 1.07. The third kappa shape index (κ3) is 11.6. The first kappa shape index (κ1) is 45.1. The fourth-order valence-electron chi connectivity index (χ4n) is 8.51. The number of fused-ring (bicyclic) bond motifs is 1. The molecule has 10 atom stereocenters. The van der Waals surface area contributed by atoms with Gasteiger partial charge in [-0.3, -0.25) is 0 Å². The molecule has 3 aliphatic rings. The molecule has 3 aliphatic heterocycles. The molecule has 1 spiro atoms. The number of ether oxygens (including phenoxy) is 10. The third-order valence-corrected chi connectivity index (χ3v) is 11.9. The summed E-state index contributed by atoms with van der Waals surface area (Å²) < 4.78 is 68.5. The molecule has 2 N–H and O–H groups in total. The van der Waals surface area contributed by atoms with Crippen LogP contribution in [0.1, 0.15) is 33.4 Å². The van der Waals surface area contributed by atoms with E-state index in [0.29, 0.717) is 13.2 Å². The lowest BCUT2D eigenvalue weighted by Crippen LogP contribution is -2.75. The van der Waals surface area contributed by atoms with Crippen LogP contribution in [0.15, 0.2) is 182 Å². The second-order valence-corrected chi connectivity index (χ2v) is 16.6. The Morgan fingerprint density at radius 2 is 0.846 bits per heavy atom. The van der Waals surface area contributed by atoms with Crippen LogP contribution < -0.4 is 5.73 Å². The normalized spacial score (nSPS) is 27.6. The van der Waals surface area contributed by atoms with Gasteiger partial charge < -0.3 is 53.1 Å². The van der Waals surface area contributed by atoms with E-state index in [0.717, 1.165) is 33.4 Å². The van der Waals surface area contributed by atoms with E-state index >= 15 is 0 Å². The molecule has 3 saturated heterocycles. The summed E-state index contributed by atoms with van der Waals surface area (Å²) in [6, 6.07) is 59.1. The van der Waals surface area contributed by atoms with Gasteiger partial charge in [-0.25, -0.2) is 0 Å². The summed E-state index contributed by atoms with van der Waals surface area (Å²) >= 11 is 0. The fourth-order valence-corrected chi connectivity index (χ4v) is 8.51. The predicted octanol–water partition coefficient (Wildman–Crippen LogP) is 8.28. The number of hydrogen-bond donors (Lipinski definition) is 1. The molecule has 3 heterocycles. The number of hydrogen-bond acceptors (Lipinski definition) is 11. The maximum Gasteiger partial charge on any atom is 0.314 e. The van der Waals surface area contributed by atoms with Gasteiger partial charge in [0.25, 0.3) is 0 Å². The Morgan fingerprint density at radius 3 is 1.32 bits per heavy atom. The van der Waals surface area contributed by atoms with E-state index in [1.807, 2.05) is 182 Å². The summed E-state index contributed by atoms with van der Waals surface area (Å²) in [5, 5.41) is 0. The van der Waals surface area contributed by atoms with Crippen molar-refractivity contribution in [2.75, 3.05) is 13.2 Å². The van der Waals surface area contributed by atoms with Crippen LogP contribution >= 0.6 is 0 Å². The smallest absolute Gasteiger partial charge is 0.314 e. The lowest BCUT2D eigenvalue weighted by molar-refractivity contribution is -0.514. The van der Waals surface area contributed by atoms with E-state index in [4.69, 9.17) is 53.1 Å². The van der Waals surface area contributed by atoms with Crippen LogP contribution in [0, 0.1) is 0 Å². The lowest BCUT2D eigenvalue weighted by Gasteiger charge is -2.57. The highest BCUT2D eigenvalue weighted by molar-refractivity contribution is 5.18. The van der Waals surface area contributed by atoms with Crippen LogP contribution in [-0.4, -0.2) is 74.2 Å². The minimum absolute atomic E-state index is 0.0392. The Hall–Kier alpha value is -5.12. The molecule has 0 bridgehead atoms. The van der Waals surface area contributed by atoms with Crippen LogP contribution in [0.5, 0.6) is 0 Å². The molecule has 3 fully saturated rings. The minimum atomic E-state index is -1.86. The van der Waals surface area contributed by atoms with Crippen LogP contribution in [0.25, 0.3) is 0 Å². The standard InChI is InChI=1S/C54H57NO10/c55-47-50(58-33-41-23-11-3-12-24-41)49-45(63-53(47)61-36-44-29-17-6-18-30-44)38-62-54(65-49)52(60-35-43-27-15-5-16-28-43)51(59-34-42-25-13-4-14-26-42)48(57-32-40-21-9-2-10-22-40)46(64-54)37-56-31-39-19-7-1-8-20-39/h1-30,45-53H,31-38,55H2/t45-,46-,47-,48-,49-,50-,51+,52-,53-,54-/m1/s1. The van der Waals surface area contributed by atoms with Gasteiger partial charge in [-0.1, -0.05) is 182 Å². The monoisotopic (exact) mass is 879 g/mol. The number of benzene rings is 6. The molecule has 0 aliphatic carbocycles. The number of rotatable bonds is 19. The van der Waals surface area contributed by atoms with Gasteiger partial charge in [0.15, 0.2) is 12.4 Å². The summed E-state index contributed by atoms with van der Waals surface area (Å²) in [6.07, 6.45) is -6.27. The largest absolute Gasteiger partial charge is 0.374 e. The van der Waals surface area contributed by atoms with Gasteiger partial charge in [-0.05, 0) is 33.4 Å². The van der Waals surface area contributed by atoms with E-state index in [9.17, 15) is 0 Å². The Labute approximate surface area is 381 Å². The highest BCUT2D eigenvalue weighted by Crippen LogP contribution is 2.44. The maximum atomic E-state index is 7.24. The fraction of sp³-hybridized carbons (Fsp3) is 0.333. The van der Waals surface area contributed by atoms with Gasteiger partial charge in [-0.15, -0.1) is 0 Å². The van der Waals surface area contributed by atoms with Crippen LogP contribution in [0.4, 0.5) is 0 Å². The van der Waals surface area contributed by atoms with Gasteiger partial charge in [0.05, 0.1) is 58.9 Å². The van der Waals surface area contributed by atoms with Crippen molar-refractivity contribution < 1.29 is 47.4 Å². The molecule has 11 heteroatoms. The van der Waals surface area contributed by atoms with Gasteiger partial charge >= 0.3 is 5.97 Å². The van der Waals surface area contributed by atoms with E-state index in [2.05, 4.69) is 0 Å². The molecular formula is C54H57NO10. The Bertz CT molecular complexity index is 2280. The van der Waals surface area contributed by atoms with Crippen molar-refractivity contribution in [1.29, 1.82) is 0 Å². The van der Waals surface area contributed by atoms with Crippen LogP contribution in [-0.2, 0) is 87.0 Å². The van der Waals surface area contributed by atoms with E-state index in [1.54, 1.807) is 0 Å². The zero-order valence-corrected chi connectivity index (χ0v) is 36.3. The van der Waals surface area contributed by atoms with Gasteiger partial charge in [0.1, 0.15) is 36.6 Å². The van der Waals surface area contributed by atoms with Crippen LogP contribution in [0.2, 0.25) is 0 Å². The molecule has 6 aromatic rings. The summed E-state index contributed by atoms with van der Waals surface area (Å²) in [5.74, 6) is -1.86. The first-order chi connectivity index (χ1) is 32.1. The lowest BCUT2D eigenvalue weighted by atomic mass is 9.92. The van der Waals surface area contributed by atoms with Crippen molar-refractivity contribution >= 4 is 0 Å². The highest BCUT2D eigenvalue weighted by Gasteiger charge is 2.64. The second-order valence-electron chi connectivity index (χ2n) is 16.6. The first-order valence-corrected chi connectivity index (χ1v) is 22.4. The Kier molecular flexibility index (Phi) is 15.5. The topological polar surface area (TPSA) is 118 Å². The second kappa shape index (κ2) is 22.4. The molecule has 9 rings (SSSR count). The van der Waals surface area contributed by atoms with Gasteiger partial charge in [-0.2, -0.15) is 0 Å². The van der Waals surface area contributed by atoms with Crippen LogP contribution in [0.3, 0.4) is 0 Å². The molecule has 65 heavy (non-hydrogen) atoms. The Morgan fingerprint density at radius 1 is 0.446 bits per heavy atom. The summed E-state index contributed by atoms with van der Waals surface area (Å²) in [7, 11) is 0.